The first kappa shape index (κ1) is 37.4. The maximum absolute atomic E-state index is 14.5. The fraction of sp³-hybridized carbons (Fsp3) is 0.450. The molecule has 55 heavy (non-hydrogen) atoms. The second kappa shape index (κ2) is 15.2. The molecule has 0 bridgehead atoms. The van der Waals surface area contributed by atoms with E-state index in [1.807, 2.05) is 30.3 Å². The summed E-state index contributed by atoms with van der Waals surface area (Å²) in [5, 5.41) is 6.65. The van der Waals surface area contributed by atoms with Gasteiger partial charge in [0, 0.05) is 92.3 Å². The number of ether oxygens (including phenoxy) is 4. The highest BCUT2D eigenvalue weighted by Crippen LogP contribution is 2.46. The number of rotatable bonds is 11. The third kappa shape index (κ3) is 7.57. The Morgan fingerprint density at radius 1 is 1.00 bits per heavy atom. The lowest BCUT2D eigenvalue weighted by Gasteiger charge is -2.47. The largest absolute Gasteiger partial charge is 0.481 e. The summed E-state index contributed by atoms with van der Waals surface area (Å²) in [6.45, 7) is 4.41. The number of alkyl halides is 3. The van der Waals surface area contributed by atoms with Crippen LogP contribution in [0.4, 0.5) is 13.2 Å². The zero-order valence-corrected chi connectivity index (χ0v) is 31.4. The van der Waals surface area contributed by atoms with Gasteiger partial charge >= 0.3 is 6.18 Å². The van der Waals surface area contributed by atoms with Gasteiger partial charge in [-0.3, -0.25) is 14.7 Å². The minimum atomic E-state index is -4.70. The van der Waals surface area contributed by atoms with Crippen LogP contribution in [0.3, 0.4) is 0 Å². The Morgan fingerprint density at radius 3 is 2.51 bits per heavy atom. The Labute approximate surface area is 321 Å². The minimum Gasteiger partial charge on any atom is -0.481 e. The summed E-state index contributed by atoms with van der Waals surface area (Å²) >= 11 is 7.10. The van der Waals surface area contributed by atoms with Crippen LogP contribution in [0.1, 0.15) is 59.6 Å². The fourth-order valence-electron chi connectivity index (χ4n) is 8.35. The Balaban J connectivity index is 1.03. The number of aromatic nitrogens is 3. The number of methoxy groups -OCH3 is 2. The molecule has 15 heteroatoms. The molecule has 0 saturated carbocycles. The molecule has 3 fully saturated rings. The topological polar surface area (TPSA) is 120 Å². The minimum absolute atomic E-state index is 0.0207. The molecule has 1 aromatic carbocycles. The van der Waals surface area contributed by atoms with Gasteiger partial charge in [-0.2, -0.15) is 18.2 Å². The lowest BCUT2D eigenvalue weighted by atomic mass is 9.79. The van der Waals surface area contributed by atoms with Gasteiger partial charge in [0.2, 0.25) is 23.5 Å². The van der Waals surface area contributed by atoms with E-state index in [-0.39, 0.29) is 29.8 Å². The molecule has 3 saturated heterocycles. The highest BCUT2D eigenvalue weighted by molar-refractivity contribution is 6.35. The molecular formula is C40H42ClF3N6O5. The van der Waals surface area contributed by atoms with E-state index < -0.39 is 23.7 Å². The summed E-state index contributed by atoms with van der Waals surface area (Å²) in [7, 11) is 2.97. The highest BCUT2D eigenvalue weighted by Gasteiger charge is 2.48. The van der Waals surface area contributed by atoms with Gasteiger partial charge in [-0.05, 0) is 55.0 Å². The van der Waals surface area contributed by atoms with Crippen LogP contribution in [0.25, 0.3) is 22.5 Å². The second-order valence-electron chi connectivity index (χ2n) is 14.8. The van der Waals surface area contributed by atoms with Gasteiger partial charge in [-0.1, -0.05) is 35.9 Å². The van der Waals surface area contributed by atoms with Crippen molar-refractivity contribution in [3.05, 3.63) is 81.5 Å². The molecule has 11 nitrogen and oxygen atoms in total. The van der Waals surface area contributed by atoms with E-state index in [0.717, 1.165) is 54.3 Å². The standard InChI is InChI=1S/C40H42ClF3N6O5/c1-52-36-23(19-50-21-39(22-50)17-33(51)47-20-39)6-8-31(48-36)29-10-13-45-35(34(29)41)28-5-3-4-27-26(28)7-9-32(27)55-38-30(40(42,43)44)16-24(37(49-38)53-2)18-46-25-11-14-54-15-12-25/h3-6,8,10,13,16,25,32,46H,7,9,11-12,14-15,17-22H2,1-2H3,(H,47,51)/t32-/m0/s1. The molecule has 0 unspecified atom stereocenters. The fourth-order valence-corrected chi connectivity index (χ4v) is 8.66. The third-order valence-electron chi connectivity index (χ3n) is 11.1. The summed E-state index contributed by atoms with van der Waals surface area (Å²) in [4.78, 5) is 27.8. The normalized spacial score (nSPS) is 19.6. The third-order valence-corrected chi connectivity index (χ3v) is 11.4. The van der Waals surface area contributed by atoms with Crippen molar-refractivity contribution in [2.24, 2.45) is 5.41 Å². The van der Waals surface area contributed by atoms with Crippen molar-refractivity contribution < 1.29 is 36.9 Å². The van der Waals surface area contributed by atoms with Crippen LogP contribution in [0.15, 0.2) is 48.7 Å². The van der Waals surface area contributed by atoms with Crippen molar-refractivity contribution in [1.82, 2.24) is 30.5 Å². The van der Waals surface area contributed by atoms with Crippen molar-refractivity contribution in [2.45, 2.75) is 63.5 Å². The quantitative estimate of drug-likeness (QED) is 0.174. The van der Waals surface area contributed by atoms with Crippen molar-refractivity contribution in [2.75, 3.05) is 47.1 Å². The number of carbonyl (C=O) groups is 1. The Morgan fingerprint density at radius 2 is 1.78 bits per heavy atom. The maximum Gasteiger partial charge on any atom is 0.421 e. The van der Waals surface area contributed by atoms with Gasteiger partial charge in [0.1, 0.15) is 11.7 Å². The molecule has 2 N–H and O–H groups in total. The van der Waals surface area contributed by atoms with Gasteiger partial charge in [-0.25, -0.2) is 4.98 Å². The Kier molecular flexibility index (Phi) is 10.3. The average Bonchev–Trinajstić information content (AvgIpc) is 3.77. The molecule has 6 heterocycles. The summed E-state index contributed by atoms with van der Waals surface area (Å²) in [6, 6.07) is 12.5. The maximum atomic E-state index is 14.5. The van der Waals surface area contributed by atoms with E-state index >= 15 is 0 Å². The SMILES string of the molecule is COc1nc(-c2ccnc(-c3cccc4c3CC[C@@H]4Oc3nc(OC)c(CNC4CCOCC4)cc3C(F)(F)F)c2Cl)ccc1CN1CC2(CNC(=O)C2)C1. The monoisotopic (exact) mass is 778 g/mol. The number of carbonyl (C=O) groups excluding carboxylic acids is 1. The predicted octanol–water partition coefficient (Wildman–Crippen LogP) is 6.55. The Bertz CT molecular complexity index is 2090. The summed E-state index contributed by atoms with van der Waals surface area (Å²) < 4.78 is 66.2. The zero-order valence-electron chi connectivity index (χ0n) is 30.6. The molecule has 1 amide bonds. The number of benzene rings is 1. The van der Waals surface area contributed by atoms with Crippen LogP contribution >= 0.6 is 11.6 Å². The predicted molar refractivity (Wildman–Crippen MR) is 198 cm³/mol. The van der Waals surface area contributed by atoms with Gasteiger partial charge in [0.25, 0.3) is 0 Å². The molecule has 1 aliphatic carbocycles. The number of nitrogens with one attached hydrogen (secondary N) is 2. The van der Waals surface area contributed by atoms with Crippen LogP contribution in [-0.4, -0.2) is 78.9 Å². The lowest BCUT2D eigenvalue weighted by Crippen LogP contribution is -2.56. The van der Waals surface area contributed by atoms with E-state index in [1.165, 1.54) is 7.11 Å². The second-order valence-corrected chi connectivity index (χ2v) is 15.2. The van der Waals surface area contributed by atoms with Gasteiger partial charge < -0.3 is 29.6 Å². The number of halogens is 4. The van der Waals surface area contributed by atoms with E-state index in [9.17, 15) is 18.0 Å². The van der Waals surface area contributed by atoms with Crippen LogP contribution in [0, 0.1) is 5.41 Å². The van der Waals surface area contributed by atoms with Gasteiger partial charge in [-0.15, -0.1) is 0 Å². The first-order valence-corrected chi connectivity index (χ1v) is 18.8. The number of hydrogen-bond donors (Lipinski definition) is 2. The first-order valence-electron chi connectivity index (χ1n) is 18.5. The Hall–Kier alpha value is -4.50. The molecule has 290 valence electrons. The molecule has 4 aromatic rings. The van der Waals surface area contributed by atoms with Crippen LogP contribution in [0.2, 0.25) is 5.02 Å². The number of pyridine rings is 3. The number of fused-ring (bicyclic) bond motifs is 1. The molecule has 4 aliphatic rings. The molecule has 0 radical (unpaired) electrons. The van der Waals surface area contributed by atoms with Crippen LogP contribution in [0.5, 0.6) is 17.6 Å². The molecule has 1 atom stereocenters. The van der Waals surface area contributed by atoms with Gasteiger partial charge in [0.15, 0.2) is 0 Å². The van der Waals surface area contributed by atoms with E-state index in [0.29, 0.717) is 79.0 Å². The number of hydrogen-bond acceptors (Lipinski definition) is 10. The molecule has 1 spiro atoms. The van der Waals surface area contributed by atoms with Crippen molar-refractivity contribution in [1.29, 1.82) is 0 Å². The molecular weight excluding hydrogens is 737 g/mol. The van der Waals surface area contributed by atoms with E-state index in [2.05, 4.69) is 25.5 Å². The highest BCUT2D eigenvalue weighted by atomic mass is 35.5. The average molecular weight is 779 g/mol. The summed E-state index contributed by atoms with van der Waals surface area (Å²) in [5.41, 5.74) is 4.50. The molecule has 3 aliphatic heterocycles. The van der Waals surface area contributed by atoms with Gasteiger partial charge in [0.05, 0.1) is 30.6 Å². The van der Waals surface area contributed by atoms with Crippen molar-refractivity contribution in [3.63, 3.8) is 0 Å². The van der Waals surface area contributed by atoms with E-state index in [1.54, 1.807) is 19.4 Å². The van der Waals surface area contributed by atoms with Crippen molar-refractivity contribution in [3.8, 4) is 40.2 Å². The van der Waals surface area contributed by atoms with Crippen molar-refractivity contribution >= 4 is 17.5 Å². The zero-order chi connectivity index (χ0) is 38.3. The van der Waals surface area contributed by atoms with E-state index in [4.69, 9.17) is 35.5 Å². The number of likely N-dealkylation sites (tertiary alicyclic amines) is 1. The number of nitrogens with zero attached hydrogens (tertiary/aromatic N) is 4. The summed E-state index contributed by atoms with van der Waals surface area (Å²) in [6.07, 6.45) is -0.637. The van der Waals surface area contributed by atoms with Crippen LogP contribution < -0.4 is 24.8 Å². The smallest absolute Gasteiger partial charge is 0.421 e. The van der Waals surface area contributed by atoms with Crippen LogP contribution in [-0.2, 0) is 35.2 Å². The summed E-state index contributed by atoms with van der Waals surface area (Å²) in [5.74, 6) is 0.150. The number of amides is 1. The molecule has 3 aromatic heterocycles. The lowest BCUT2D eigenvalue weighted by molar-refractivity contribution is -0.139. The first-order chi connectivity index (χ1) is 26.5. The molecule has 8 rings (SSSR count).